The molecule has 1 aliphatic rings. The zero-order valence-corrected chi connectivity index (χ0v) is 28.9. The van der Waals surface area contributed by atoms with Gasteiger partial charge in [0.25, 0.3) is 0 Å². The van der Waals surface area contributed by atoms with Gasteiger partial charge in [-0.25, -0.2) is 4.63 Å². The molecule has 1 aliphatic heterocycles. The lowest BCUT2D eigenvalue weighted by atomic mass is 9.94. The van der Waals surface area contributed by atoms with Crippen LogP contribution in [0.2, 0.25) is 0 Å². The fourth-order valence-corrected chi connectivity index (χ4v) is 5.76. The average Bonchev–Trinajstić information content (AvgIpc) is 3.59. The molecule has 10 nitrogen and oxygen atoms in total. The second kappa shape index (κ2) is 16.3. The molecule has 0 radical (unpaired) electrons. The average molecular weight is 728 g/mol. The summed E-state index contributed by atoms with van der Waals surface area (Å²) in [5.41, 5.74) is 2.17. The molecule has 0 fully saturated rings. The van der Waals surface area contributed by atoms with Gasteiger partial charge in [-0.15, -0.1) is 12.4 Å². The van der Waals surface area contributed by atoms with E-state index in [4.69, 9.17) is 28.3 Å². The fraction of sp³-hybridized carbons (Fsp3) is 0.324. The number of ether oxygens (including phenoxy) is 5. The largest absolute Gasteiger partial charge is 0.489 e. The number of carbonyl (C=O) groups is 1. The van der Waals surface area contributed by atoms with E-state index < -0.39 is 17.8 Å². The molecule has 4 aromatic carbocycles. The molecule has 1 aromatic heterocycles. The maximum Gasteiger partial charge on any atom is 0.417 e. The first-order valence-electron chi connectivity index (χ1n) is 16.1. The van der Waals surface area contributed by atoms with Crippen LogP contribution in [0.4, 0.5) is 13.2 Å². The van der Waals surface area contributed by atoms with Gasteiger partial charge in [0.05, 0.1) is 12.7 Å². The lowest BCUT2D eigenvalue weighted by Crippen LogP contribution is -2.38. The van der Waals surface area contributed by atoms with Crippen LogP contribution in [0.25, 0.3) is 22.2 Å². The zero-order valence-electron chi connectivity index (χ0n) is 28.1. The smallest absolute Gasteiger partial charge is 0.417 e. The third kappa shape index (κ3) is 9.02. The number of esters is 1. The number of methoxy groups -OCH3 is 1. The minimum atomic E-state index is -4.67. The number of benzene rings is 4. The van der Waals surface area contributed by atoms with E-state index in [9.17, 15) is 18.0 Å². The van der Waals surface area contributed by atoms with E-state index in [1.165, 1.54) is 19.2 Å². The molecule has 5 aromatic rings. The predicted octanol–water partition coefficient (Wildman–Crippen LogP) is 7.94. The molecule has 0 saturated heterocycles. The van der Waals surface area contributed by atoms with Crippen LogP contribution in [0.1, 0.15) is 42.5 Å². The summed E-state index contributed by atoms with van der Waals surface area (Å²) in [6.07, 6.45) is -4.11. The quantitative estimate of drug-likeness (QED) is 0.120. The first-order chi connectivity index (χ1) is 24.1. The number of hydrogen-bond acceptors (Lipinski definition) is 10. The highest BCUT2D eigenvalue weighted by Gasteiger charge is 2.37. The van der Waals surface area contributed by atoms with E-state index in [2.05, 4.69) is 15.6 Å². The lowest BCUT2D eigenvalue weighted by molar-refractivity contribution is -0.143. The van der Waals surface area contributed by atoms with Crippen molar-refractivity contribution in [1.29, 1.82) is 0 Å². The number of hydrogen-bond donors (Lipinski definition) is 1. The van der Waals surface area contributed by atoms with Gasteiger partial charge in [0.2, 0.25) is 0 Å². The number of carbonyl (C=O) groups excluding carboxylic acids is 1. The van der Waals surface area contributed by atoms with Gasteiger partial charge in [-0.1, -0.05) is 50.2 Å². The molecular formula is C37H37ClF3N3O7. The SMILES string of the molecule is COC(=O)C(CC(C)C)NCc1ccc(OCc2cccc(-c3ccc4c(c3)OCCO4)c2C(F)(F)F)cc1OCc1ccc2nonc2c1.Cl. The van der Waals surface area contributed by atoms with E-state index in [-0.39, 0.29) is 55.2 Å². The van der Waals surface area contributed by atoms with Gasteiger partial charge in [0.15, 0.2) is 11.5 Å². The number of halogens is 4. The van der Waals surface area contributed by atoms with Gasteiger partial charge < -0.3 is 29.0 Å². The van der Waals surface area contributed by atoms with Crippen molar-refractivity contribution < 1.29 is 46.3 Å². The van der Waals surface area contributed by atoms with Crippen molar-refractivity contribution in [2.45, 2.75) is 52.2 Å². The van der Waals surface area contributed by atoms with Crippen LogP contribution in [0.5, 0.6) is 23.0 Å². The van der Waals surface area contributed by atoms with Gasteiger partial charge in [-0.2, -0.15) is 13.2 Å². The molecular weight excluding hydrogens is 691 g/mol. The number of nitrogens with one attached hydrogen (secondary N) is 1. The Hall–Kier alpha value is -5.01. The molecule has 1 atom stereocenters. The topological polar surface area (TPSA) is 114 Å². The Labute approximate surface area is 298 Å². The predicted molar refractivity (Wildman–Crippen MR) is 184 cm³/mol. The number of aromatic nitrogens is 2. The highest BCUT2D eigenvalue weighted by Crippen LogP contribution is 2.42. The van der Waals surface area contributed by atoms with Crippen LogP contribution in [-0.4, -0.2) is 42.6 Å². The van der Waals surface area contributed by atoms with Crippen molar-refractivity contribution in [1.82, 2.24) is 15.6 Å². The molecule has 0 amide bonds. The summed E-state index contributed by atoms with van der Waals surface area (Å²) in [4.78, 5) is 12.5. The Kier molecular flexibility index (Phi) is 11.9. The molecule has 1 unspecified atom stereocenters. The van der Waals surface area contributed by atoms with Crippen LogP contribution >= 0.6 is 12.4 Å². The second-order valence-electron chi connectivity index (χ2n) is 12.2. The Morgan fingerprint density at radius 1 is 0.882 bits per heavy atom. The van der Waals surface area contributed by atoms with Crippen molar-refractivity contribution in [2.75, 3.05) is 20.3 Å². The van der Waals surface area contributed by atoms with E-state index in [0.717, 1.165) is 5.56 Å². The second-order valence-corrected chi connectivity index (χ2v) is 12.2. The Morgan fingerprint density at radius 3 is 2.43 bits per heavy atom. The van der Waals surface area contributed by atoms with Gasteiger partial charge in [0.1, 0.15) is 55.0 Å². The minimum absolute atomic E-state index is 0. The van der Waals surface area contributed by atoms with E-state index in [1.54, 1.807) is 54.6 Å². The minimum Gasteiger partial charge on any atom is -0.489 e. The third-order valence-electron chi connectivity index (χ3n) is 8.16. The molecule has 1 N–H and O–H groups in total. The van der Waals surface area contributed by atoms with Crippen LogP contribution in [-0.2, 0) is 35.5 Å². The number of nitrogens with zero attached hydrogens (tertiary/aromatic N) is 2. The van der Waals surface area contributed by atoms with Crippen LogP contribution in [0, 0.1) is 5.92 Å². The molecule has 0 spiro atoms. The molecule has 270 valence electrons. The molecule has 2 heterocycles. The maximum absolute atomic E-state index is 14.6. The van der Waals surface area contributed by atoms with Crippen LogP contribution < -0.4 is 24.3 Å². The maximum atomic E-state index is 14.6. The standard InChI is InChI=1S/C37H36F3N3O7.ClH/c1-22(2)15-31(36(44)45-3)41-19-25-8-10-27(18-33(25)49-20-23-7-11-29-30(16-23)43-50-42-29)48-21-26-5-4-6-28(35(26)37(38,39)40)24-9-12-32-34(17-24)47-14-13-46-32;/h4-12,16-18,22,31,41H,13-15,19-21H2,1-3H3;1H. The summed E-state index contributed by atoms with van der Waals surface area (Å²) in [6.45, 7) is 4.74. The van der Waals surface area contributed by atoms with Crippen molar-refractivity contribution in [3.8, 4) is 34.1 Å². The van der Waals surface area contributed by atoms with Crippen LogP contribution in [0.15, 0.2) is 77.4 Å². The number of rotatable bonds is 13. The van der Waals surface area contributed by atoms with Gasteiger partial charge >= 0.3 is 12.1 Å². The van der Waals surface area contributed by atoms with E-state index >= 15 is 0 Å². The van der Waals surface area contributed by atoms with Crippen molar-refractivity contribution in [2.24, 2.45) is 5.92 Å². The summed E-state index contributed by atoms with van der Waals surface area (Å²) in [5.74, 6) is 1.45. The first kappa shape index (κ1) is 37.3. The molecule has 0 saturated carbocycles. The highest BCUT2D eigenvalue weighted by molar-refractivity contribution is 5.85. The van der Waals surface area contributed by atoms with Gasteiger partial charge in [0, 0.05) is 23.7 Å². The summed E-state index contributed by atoms with van der Waals surface area (Å²) >= 11 is 0. The lowest BCUT2D eigenvalue weighted by Gasteiger charge is -2.21. The summed E-state index contributed by atoms with van der Waals surface area (Å²) in [5, 5.41) is 11.0. The number of fused-ring (bicyclic) bond motifs is 2. The van der Waals surface area contributed by atoms with Gasteiger partial charge in [-0.3, -0.25) is 4.79 Å². The van der Waals surface area contributed by atoms with E-state index in [0.29, 0.717) is 64.8 Å². The molecule has 6 rings (SSSR count). The Morgan fingerprint density at radius 2 is 1.67 bits per heavy atom. The molecule has 14 heteroatoms. The van der Waals surface area contributed by atoms with Crippen molar-refractivity contribution in [3.63, 3.8) is 0 Å². The Bertz CT molecular complexity index is 1970. The molecule has 0 aliphatic carbocycles. The number of alkyl halides is 3. The summed E-state index contributed by atoms with van der Waals surface area (Å²) in [7, 11) is 1.34. The van der Waals surface area contributed by atoms with Gasteiger partial charge in [-0.05, 0) is 69.7 Å². The van der Waals surface area contributed by atoms with Crippen LogP contribution in [0.3, 0.4) is 0 Å². The van der Waals surface area contributed by atoms with Crippen molar-refractivity contribution >= 4 is 29.4 Å². The monoisotopic (exact) mass is 727 g/mol. The Balaban J connectivity index is 0.00000504. The fourth-order valence-electron chi connectivity index (χ4n) is 5.76. The highest BCUT2D eigenvalue weighted by atomic mass is 35.5. The zero-order chi connectivity index (χ0) is 35.3. The van der Waals surface area contributed by atoms with E-state index in [1.807, 2.05) is 19.9 Å². The third-order valence-corrected chi connectivity index (χ3v) is 8.16. The summed E-state index contributed by atoms with van der Waals surface area (Å²) in [6, 6.07) is 19.0. The van der Waals surface area contributed by atoms with Crippen molar-refractivity contribution in [3.05, 3.63) is 95.1 Å². The molecule has 0 bridgehead atoms. The first-order valence-corrected chi connectivity index (χ1v) is 16.1. The normalized spacial score (nSPS) is 13.1. The summed E-state index contributed by atoms with van der Waals surface area (Å²) < 4.78 is 77.1. The molecule has 51 heavy (non-hydrogen) atoms.